The number of carbonyl (C=O) groups excluding carboxylic acids is 1. The van der Waals surface area contributed by atoms with Gasteiger partial charge in [0, 0.05) is 12.5 Å². The largest absolute Gasteiger partial charge is 0.493 e. The molecule has 0 bridgehead atoms. The van der Waals surface area contributed by atoms with E-state index in [0.29, 0.717) is 5.92 Å². The Balaban J connectivity index is 1.83. The first-order chi connectivity index (χ1) is 15.8. The van der Waals surface area contributed by atoms with Crippen LogP contribution in [-0.2, 0) is 11.2 Å². The summed E-state index contributed by atoms with van der Waals surface area (Å²) in [5.41, 5.74) is 2.63. The van der Waals surface area contributed by atoms with Crippen molar-refractivity contribution in [3.63, 3.8) is 0 Å². The van der Waals surface area contributed by atoms with E-state index in [1.165, 1.54) is 12.0 Å². The molecular weight excluding hydrogens is 410 g/mol. The number of aldehydes is 1. The SMILES string of the molecule is COc1ccc(CCN(C)CCCC(C)(CCC(C=O)c2ccccc2)C(C)C)cc1OC. The Morgan fingerprint density at radius 1 is 0.970 bits per heavy atom. The molecule has 2 rings (SSSR count). The van der Waals surface area contributed by atoms with E-state index in [1.54, 1.807) is 14.2 Å². The van der Waals surface area contributed by atoms with Crippen LogP contribution in [0.3, 0.4) is 0 Å². The standard InChI is InChI=1S/C29H43NO3/c1-23(2)29(3,18-15-26(22-31)25-11-8-7-9-12-25)17-10-19-30(4)20-16-24-13-14-27(32-5)28(21-24)33-6/h7-9,11-14,21-23,26H,10,15-20H2,1-6H3. The number of hydrogen-bond acceptors (Lipinski definition) is 4. The first-order valence-corrected chi connectivity index (χ1v) is 12.2. The first kappa shape index (κ1) is 26.9. The topological polar surface area (TPSA) is 38.8 Å². The van der Waals surface area contributed by atoms with Gasteiger partial charge in [-0.05, 0) is 80.3 Å². The van der Waals surface area contributed by atoms with Crippen molar-refractivity contribution in [1.29, 1.82) is 0 Å². The van der Waals surface area contributed by atoms with Gasteiger partial charge >= 0.3 is 0 Å². The van der Waals surface area contributed by atoms with E-state index < -0.39 is 0 Å². The van der Waals surface area contributed by atoms with Crippen molar-refractivity contribution in [3.8, 4) is 11.5 Å². The van der Waals surface area contributed by atoms with E-state index in [9.17, 15) is 4.79 Å². The normalized spacial score (nSPS) is 14.2. The van der Waals surface area contributed by atoms with E-state index in [0.717, 1.165) is 62.1 Å². The van der Waals surface area contributed by atoms with Crippen LogP contribution in [0, 0.1) is 11.3 Å². The summed E-state index contributed by atoms with van der Waals surface area (Å²) in [7, 11) is 5.54. The molecule has 2 unspecified atom stereocenters. The predicted octanol–water partition coefficient (Wildman–Crippen LogP) is 6.38. The van der Waals surface area contributed by atoms with E-state index in [2.05, 4.69) is 57.0 Å². The fourth-order valence-electron chi connectivity index (χ4n) is 4.42. The minimum atomic E-state index is -0.00608. The van der Waals surface area contributed by atoms with E-state index >= 15 is 0 Å². The van der Waals surface area contributed by atoms with Crippen molar-refractivity contribution in [3.05, 3.63) is 59.7 Å². The van der Waals surface area contributed by atoms with Crippen LogP contribution in [0.5, 0.6) is 11.5 Å². The number of nitrogens with zero attached hydrogens (tertiary/aromatic N) is 1. The Hall–Kier alpha value is -2.33. The molecule has 182 valence electrons. The molecule has 0 spiro atoms. The van der Waals surface area contributed by atoms with Crippen LogP contribution >= 0.6 is 0 Å². The maximum Gasteiger partial charge on any atom is 0.160 e. The number of carbonyl (C=O) groups is 1. The lowest BCUT2D eigenvalue weighted by Crippen LogP contribution is -2.28. The lowest BCUT2D eigenvalue weighted by atomic mass is 9.71. The van der Waals surface area contributed by atoms with Crippen LogP contribution in [0.25, 0.3) is 0 Å². The molecule has 0 radical (unpaired) electrons. The van der Waals surface area contributed by atoms with Gasteiger partial charge in [0.15, 0.2) is 11.5 Å². The van der Waals surface area contributed by atoms with Gasteiger partial charge in [0.1, 0.15) is 6.29 Å². The molecule has 0 saturated carbocycles. The van der Waals surface area contributed by atoms with Gasteiger partial charge in [0.25, 0.3) is 0 Å². The Kier molecular flexibility index (Phi) is 10.9. The molecule has 2 atom stereocenters. The van der Waals surface area contributed by atoms with Crippen molar-refractivity contribution >= 4 is 6.29 Å². The maximum absolute atomic E-state index is 11.7. The summed E-state index contributed by atoms with van der Waals surface area (Å²) in [4.78, 5) is 14.2. The fraction of sp³-hybridized carbons (Fsp3) is 0.552. The van der Waals surface area contributed by atoms with Gasteiger partial charge in [-0.3, -0.25) is 0 Å². The highest BCUT2D eigenvalue weighted by atomic mass is 16.5. The molecule has 0 heterocycles. The molecule has 0 N–H and O–H groups in total. The maximum atomic E-state index is 11.7. The summed E-state index contributed by atoms with van der Waals surface area (Å²) in [6.45, 7) is 9.12. The highest BCUT2D eigenvalue weighted by Gasteiger charge is 2.29. The second kappa shape index (κ2) is 13.4. The average molecular weight is 454 g/mol. The minimum absolute atomic E-state index is 0.00608. The Bertz CT molecular complexity index is 836. The van der Waals surface area contributed by atoms with E-state index in [4.69, 9.17) is 9.47 Å². The van der Waals surface area contributed by atoms with Crippen LogP contribution in [0.1, 0.15) is 63.5 Å². The van der Waals surface area contributed by atoms with Gasteiger partial charge in [-0.15, -0.1) is 0 Å². The quantitative estimate of drug-likeness (QED) is 0.293. The van der Waals surface area contributed by atoms with Gasteiger partial charge in [0.2, 0.25) is 0 Å². The van der Waals surface area contributed by atoms with E-state index in [1.807, 2.05) is 24.3 Å². The highest BCUT2D eigenvalue weighted by molar-refractivity contribution is 5.61. The van der Waals surface area contributed by atoms with Gasteiger partial charge in [-0.25, -0.2) is 0 Å². The highest BCUT2D eigenvalue weighted by Crippen LogP contribution is 2.39. The monoisotopic (exact) mass is 453 g/mol. The molecular formula is C29H43NO3. The minimum Gasteiger partial charge on any atom is -0.493 e. The number of ether oxygens (including phenoxy) is 2. The number of hydrogen-bond donors (Lipinski definition) is 0. The smallest absolute Gasteiger partial charge is 0.160 e. The molecule has 0 aliphatic heterocycles. The summed E-state index contributed by atoms with van der Waals surface area (Å²) >= 11 is 0. The van der Waals surface area contributed by atoms with Crippen LogP contribution in [0.15, 0.2) is 48.5 Å². The molecule has 0 aromatic heterocycles. The third-order valence-electron chi connectivity index (χ3n) is 7.33. The second-order valence-corrected chi connectivity index (χ2v) is 9.85. The molecule has 0 amide bonds. The van der Waals surface area contributed by atoms with Crippen LogP contribution in [0.4, 0.5) is 0 Å². The number of benzene rings is 2. The molecule has 4 heteroatoms. The zero-order valence-corrected chi connectivity index (χ0v) is 21.5. The summed E-state index contributed by atoms with van der Waals surface area (Å²) in [5.74, 6) is 2.13. The van der Waals surface area contributed by atoms with Crippen LogP contribution in [0.2, 0.25) is 0 Å². The van der Waals surface area contributed by atoms with E-state index in [-0.39, 0.29) is 11.3 Å². The Morgan fingerprint density at radius 2 is 1.67 bits per heavy atom. The molecule has 0 aliphatic carbocycles. The van der Waals surface area contributed by atoms with Gasteiger partial charge in [-0.1, -0.05) is 57.2 Å². The zero-order chi connectivity index (χ0) is 24.3. The summed E-state index contributed by atoms with van der Waals surface area (Å²) in [6, 6.07) is 16.3. The van der Waals surface area contributed by atoms with Crippen molar-refractivity contribution in [2.24, 2.45) is 11.3 Å². The fourth-order valence-corrected chi connectivity index (χ4v) is 4.42. The van der Waals surface area contributed by atoms with Gasteiger partial charge in [-0.2, -0.15) is 0 Å². The summed E-state index contributed by atoms with van der Waals surface area (Å²) in [6.07, 6.45) is 6.42. The van der Waals surface area contributed by atoms with Crippen molar-refractivity contribution < 1.29 is 14.3 Å². The Labute approximate surface area is 201 Å². The molecule has 0 fully saturated rings. The zero-order valence-electron chi connectivity index (χ0n) is 21.5. The lowest BCUT2D eigenvalue weighted by molar-refractivity contribution is -0.109. The van der Waals surface area contributed by atoms with Crippen molar-refractivity contribution in [2.45, 2.75) is 58.8 Å². The predicted molar refractivity (Wildman–Crippen MR) is 137 cm³/mol. The van der Waals surface area contributed by atoms with Crippen molar-refractivity contribution in [2.75, 3.05) is 34.4 Å². The lowest BCUT2D eigenvalue weighted by Gasteiger charge is -2.35. The number of methoxy groups -OCH3 is 2. The number of rotatable bonds is 15. The van der Waals surface area contributed by atoms with Gasteiger partial charge in [0.05, 0.1) is 14.2 Å². The van der Waals surface area contributed by atoms with Crippen molar-refractivity contribution in [1.82, 2.24) is 4.90 Å². The second-order valence-electron chi connectivity index (χ2n) is 9.85. The third-order valence-corrected chi connectivity index (χ3v) is 7.33. The third kappa shape index (κ3) is 8.19. The van der Waals surface area contributed by atoms with Crippen LogP contribution in [-0.4, -0.2) is 45.5 Å². The molecule has 0 saturated heterocycles. The molecule has 0 aliphatic rings. The summed E-state index contributed by atoms with van der Waals surface area (Å²) < 4.78 is 10.8. The van der Waals surface area contributed by atoms with Crippen LogP contribution < -0.4 is 9.47 Å². The Morgan fingerprint density at radius 3 is 2.27 bits per heavy atom. The molecule has 4 nitrogen and oxygen atoms in total. The first-order valence-electron chi connectivity index (χ1n) is 12.2. The molecule has 2 aromatic carbocycles. The molecule has 33 heavy (non-hydrogen) atoms. The number of likely N-dealkylation sites (N-methyl/N-ethyl adjacent to an activating group) is 1. The molecule has 2 aromatic rings. The van der Waals surface area contributed by atoms with Gasteiger partial charge < -0.3 is 19.2 Å². The summed E-state index contributed by atoms with van der Waals surface area (Å²) in [5, 5.41) is 0. The average Bonchev–Trinajstić information content (AvgIpc) is 2.83.